The molecule has 0 bridgehead atoms. The molecule has 17 heavy (non-hydrogen) atoms. The zero-order chi connectivity index (χ0) is 13.2. The maximum absolute atomic E-state index is 13.3. The minimum Gasteiger partial charge on any atom is -0.398 e. The normalized spacial score (nSPS) is 12.6. The van der Waals surface area contributed by atoms with Gasteiger partial charge in [-0.1, -0.05) is 13.8 Å². The Morgan fingerprint density at radius 1 is 1.29 bits per heavy atom. The number of ketones is 1. The number of halogens is 1. The molecular formula is C14H18FNO. The molecule has 0 unspecified atom stereocenters. The Balaban J connectivity index is 3.38. The van der Waals surface area contributed by atoms with Crippen LogP contribution in [0, 0.1) is 18.7 Å². The predicted molar refractivity (Wildman–Crippen MR) is 67.8 cm³/mol. The molecule has 0 atom stereocenters. The van der Waals surface area contributed by atoms with E-state index < -0.39 is 0 Å². The van der Waals surface area contributed by atoms with Crippen molar-refractivity contribution < 1.29 is 9.18 Å². The molecule has 0 heterocycles. The molecule has 0 saturated carbocycles. The summed E-state index contributed by atoms with van der Waals surface area (Å²) in [4.78, 5) is 11.5. The van der Waals surface area contributed by atoms with Crippen LogP contribution in [0.15, 0.2) is 23.8 Å². The Bertz CT molecular complexity index is 455. The van der Waals surface area contributed by atoms with Crippen LogP contribution >= 0.6 is 0 Å². The lowest BCUT2D eigenvalue weighted by molar-refractivity contribution is -0.113. The van der Waals surface area contributed by atoms with E-state index in [4.69, 9.17) is 5.73 Å². The van der Waals surface area contributed by atoms with Crippen LogP contribution < -0.4 is 5.73 Å². The molecular weight excluding hydrogens is 217 g/mol. The molecule has 0 aliphatic rings. The second kappa shape index (κ2) is 5.13. The molecule has 0 aliphatic heterocycles. The monoisotopic (exact) mass is 235 g/mol. The lowest BCUT2D eigenvalue weighted by atomic mass is 9.94. The summed E-state index contributed by atoms with van der Waals surface area (Å²) in [6.45, 7) is 7.07. The highest BCUT2D eigenvalue weighted by molar-refractivity contribution is 6.00. The summed E-state index contributed by atoms with van der Waals surface area (Å²) in [7, 11) is 0. The fourth-order valence-corrected chi connectivity index (χ4v) is 1.95. The van der Waals surface area contributed by atoms with Crippen LogP contribution in [0.2, 0.25) is 0 Å². The predicted octanol–water partition coefficient (Wildman–Crippen LogP) is 3.05. The number of carbonyl (C=O) groups excluding carboxylic acids is 1. The average Bonchev–Trinajstić information content (AvgIpc) is 2.14. The molecule has 0 spiro atoms. The first-order valence-corrected chi connectivity index (χ1v) is 5.61. The van der Waals surface area contributed by atoms with E-state index in [0.717, 1.165) is 5.56 Å². The standard InChI is InChI=1S/C14H18FNO/c1-8(2)13(10(4)17)14(16)11-5-9(3)6-12(15)7-11/h5-8H,16H2,1-4H3/b14-13-. The van der Waals surface area contributed by atoms with Crippen molar-refractivity contribution in [3.8, 4) is 0 Å². The van der Waals surface area contributed by atoms with E-state index >= 15 is 0 Å². The third kappa shape index (κ3) is 3.16. The topological polar surface area (TPSA) is 43.1 Å². The molecule has 2 nitrogen and oxygen atoms in total. The highest BCUT2D eigenvalue weighted by Crippen LogP contribution is 2.22. The lowest BCUT2D eigenvalue weighted by Gasteiger charge is -2.13. The Kier molecular flexibility index (Phi) is 4.05. The SMILES string of the molecule is CC(=O)/C(=C(\N)c1cc(C)cc(F)c1)C(C)C. The molecule has 0 aromatic heterocycles. The van der Waals surface area contributed by atoms with E-state index in [-0.39, 0.29) is 17.5 Å². The minimum atomic E-state index is -0.338. The number of benzene rings is 1. The Morgan fingerprint density at radius 3 is 2.29 bits per heavy atom. The molecule has 1 aromatic rings. The molecule has 1 aromatic carbocycles. The first kappa shape index (κ1) is 13.4. The molecule has 3 heteroatoms. The van der Waals surface area contributed by atoms with Crippen molar-refractivity contribution in [2.75, 3.05) is 0 Å². The van der Waals surface area contributed by atoms with Gasteiger partial charge < -0.3 is 5.73 Å². The van der Waals surface area contributed by atoms with Crippen LogP contribution in [0.1, 0.15) is 31.9 Å². The molecule has 2 N–H and O–H groups in total. The van der Waals surface area contributed by atoms with E-state index in [2.05, 4.69) is 0 Å². The zero-order valence-electron chi connectivity index (χ0n) is 10.7. The molecule has 0 fully saturated rings. The second-order valence-electron chi connectivity index (χ2n) is 4.56. The molecule has 92 valence electrons. The van der Waals surface area contributed by atoms with Gasteiger partial charge in [0, 0.05) is 16.8 Å². The largest absolute Gasteiger partial charge is 0.398 e. The van der Waals surface area contributed by atoms with Gasteiger partial charge in [-0.15, -0.1) is 0 Å². The maximum atomic E-state index is 13.3. The maximum Gasteiger partial charge on any atom is 0.158 e. The summed E-state index contributed by atoms with van der Waals surface area (Å²) in [5.41, 5.74) is 8.25. The van der Waals surface area contributed by atoms with Gasteiger partial charge in [0.25, 0.3) is 0 Å². The Hall–Kier alpha value is -1.64. The van der Waals surface area contributed by atoms with Crippen LogP contribution in [0.5, 0.6) is 0 Å². The van der Waals surface area contributed by atoms with Gasteiger partial charge in [-0.2, -0.15) is 0 Å². The van der Waals surface area contributed by atoms with Gasteiger partial charge in [0.2, 0.25) is 0 Å². The minimum absolute atomic E-state index is 0.0241. The molecule has 0 aliphatic carbocycles. The number of aryl methyl sites for hydroxylation is 1. The third-order valence-electron chi connectivity index (χ3n) is 2.60. The van der Waals surface area contributed by atoms with Gasteiger partial charge in [0.15, 0.2) is 5.78 Å². The van der Waals surface area contributed by atoms with E-state index in [9.17, 15) is 9.18 Å². The number of nitrogens with two attached hydrogens (primary N) is 1. The van der Waals surface area contributed by atoms with E-state index in [1.54, 1.807) is 13.0 Å². The van der Waals surface area contributed by atoms with Crippen LogP contribution in [-0.4, -0.2) is 5.78 Å². The van der Waals surface area contributed by atoms with Gasteiger partial charge >= 0.3 is 0 Å². The van der Waals surface area contributed by atoms with E-state index in [1.807, 2.05) is 13.8 Å². The van der Waals surface area contributed by atoms with Crippen molar-refractivity contribution in [3.63, 3.8) is 0 Å². The van der Waals surface area contributed by atoms with Crippen molar-refractivity contribution in [2.24, 2.45) is 11.7 Å². The van der Waals surface area contributed by atoms with Gasteiger partial charge in [-0.25, -0.2) is 4.39 Å². The summed E-state index contributed by atoms with van der Waals surface area (Å²) >= 11 is 0. The van der Waals surface area contributed by atoms with Crippen LogP contribution in [-0.2, 0) is 4.79 Å². The Labute approximate surface area is 101 Å². The van der Waals surface area contributed by atoms with Crippen LogP contribution in [0.25, 0.3) is 5.70 Å². The number of hydrogen-bond acceptors (Lipinski definition) is 2. The highest BCUT2D eigenvalue weighted by atomic mass is 19.1. The third-order valence-corrected chi connectivity index (χ3v) is 2.60. The fraction of sp³-hybridized carbons (Fsp3) is 0.357. The number of Topliss-reactive ketones (excluding diaryl/α,β-unsaturated/α-hetero) is 1. The Morgan fingerprint density at radius 2 is 1.88 bits per heavy atom. The lowest BCUT2D eigenvalue weighted by Crippen LogP contribution is -2.13. The van der Waals surface area contributed by atoms with Crippen molar-refractivity contribution >= 4 is 11.5 Å². The quantitative estimate of drug-likeness (QED) is 0.818. The van der Waals surface area contributed by atoms with Gasteiger partial charge in [-0.05, 0) is 43.5 Å². The second-order valence-corrected chi connectivity index (χ2v) is 4.56. The summed E-state index contributed by atoms with van der Waals surface area (Å²) in [5.74, 6) is -0.384. The van der Waals surface area contributed by atoms with Crippen LogP contribution in [0.4, 0.5) is 4.39 Å². The average molecular weight is 235 g/mol. The number of carbonyl (C=O) groups is 1. The fourth-order valence-electron chi connectivity index (χ4n) is 1.95. The van der Waals surface area contributed by atoms with Crippen molar-refractivity contribution in [2.45, 2.75) is 27.7 Å². The number of hydrogen-bond donors (Lipinski definition) is 1. The molecule has 0 amide bonds. The highest BCUT2D eigenvalue weighted by Gasteiger charge is 2.15. The van der Waals surface area contributed by atoms with Crippen LogP contribution in [0.3, 0.4) is 0 Å². The molecule has 0 radical (unpaired) electrons. The van der Waals surface area contributed by atoms with Gasteiger partial charge in [-0.3, -0.25) is 4.79 Å². The van der Waals surface area contributed by atoms with Crippen molar-refractivity contribution in [1.82, 2.24) is 0 Å². The van der Waals surface area contributed by atoms with Gasteiger partial charge in [0.05, 0.1) is 0 Å². The number of rotatable bonds is 3. The number of allylic oxidation sites excluding steroid dienone is 1. The first-order valence-electron chi connectivity index (χ1n) is 5.61. The zero-order valence-corrected chi connectivity index (χ0v) is 10.7. The summed E-state index contributed by atoms with van der Waals surface area (Å²) in [5, 5.41) is 0. The summed E-state index contributed by atoms with van der Waals surface area (Å²) < 4.78 is 13.3. The molecule has 1 rings (SSSR count). The van der Waals surface area contributed by atoms with E-state index in [1.165, 1.54) is 19.1 Å². The van der Waals surface area contributed by atoms with Crippen molar-refractivity contribution in [3.05, 3.63) is 40.7 Å². The smallest absolute Gasteiger partial charge is 0.158 e. The van der Waals surface area contributed by atoms with Crippen molar-refractivity contribution in [1.29, 1.82) is 0 Å². The molecule has 0 saturated heterocycles. The summed E-state index contributed by atoms with van der Waals surface area (Å²) in [6, 6.07) is 4.57. The van der Waals surface area contributed by atoms with E-state index in [0.29, 0.717) is 16.8 Å². The van der Waals surface area contributed by atoms with Gasteiger partial charge in [0.1, 0.15) is 5.82 Å². The summed E-state index contributed by atoms with van der Waals surface area (Å²) in [6.07, 6.45) is 0. The first-order chi connectivity index (χ1) is 7.82.